The van der Waals surface area contributed by atoms with Crippen molar-refractivity contribution in [3.05, 3.63) is 0 Å². The first kappa shape index (κ1) is 61.4. The average Bonchev–Trinajstić information content (AvgIpc) is 3.24. The Morgan fingerprint density at radius 3 is 0.683 bits per heavy atom. The van der Waals surface area contributed by atoms with Gasteiger partial charge in [0.15, 0.2) is 6.10 Å². The summed E-state index contributed by atoms with van der Waals surface area (Å²) in [5, 5.41) is 0. The Balaban J connectivity index is 4.30. The minimum absolute atomic E-state index is 0.0638. The molecule has 0 fully saturated rings. The smallest absolute Gasteiger partial charge is 0.306 e. The molecule has 63 heavy (non-hydrogen) atoms. The number of hydrogen-bond acceptors (Lipinski definition) is 6. The second-order valence-electron chi connectivity index (χ2n) is 21.0. The van der Waals surface area contributed by atoms with Crippen LogP contribution in [0.1, 0.15) is 311 Å². The van der Waals surface area contributed by atoms with E-state index in [1.807, 2.05) is 0 Å². The maximum Gasteiger partial charge on any atom is 0.306 e. The van der Waals surface area contributed by atoms with Gasteiger partial charge in [-0.25, -0.2) is 0 Å². The Morgan fingerprint density at radius 1 is 0.270 bits per heavy atom. The highest BCUT2D eigenvalue weighted by Crippen LogP contribution is 2.18. The lowest BCUT2D eigenvalue weighted by molar-refractivity contribution is -0.167. The van der Waals surface area contributed by atoms with Crippen molar-refractivity contribution >= 4 is 17.9 Å². The summed E-state index contributed by atoms with van der Waals surface area (Å²) in [5.41, 5.74) is 0. The lowest BCUT2D eigenvalue weighted by atomic mass is 10.0. The SMILES string of the molecule is CC(C)CCCCCCCCCCCCCCCCC(=O)OC[C@@H](COC(=O)CCCCCCCCCCCCCC(C)C)OC(=O)CCCCCCCCCCCCCC(C)C. The molecule has 0 heterocycles. The Hall–Kier alpha value is -1.59. The Bertz CT molecular complexity index is 976. The molecule has 0 aliphatic rings. The molecule has 1 atom stereocenters. The van der Waals surface area contributed by atoms with Crippen molar-refractivity contribution in [3.63, 3.8) is 0 Å². The third-order valence-corrected chi connectivity index (χ3v) is 12.9. The van der Waals surface area contributed by atoms with Gasteiger partial charge in [0.1, 0.15) is 13.2 Å². The molecule has 0 unspecified atom stereocenters. The number of rotatable bonds is 50. The second kappa shape index (κ2) is 48.3. The molecule has 0 aromatic heterocycles. The zero-order chi connectivity index (χ0) is 46.3. The van der Waals surface area contributed by atoms with Crippen LogP contribution in [0.3, 0.4) is 0 Å². The van der Waals surface area contributed by atoms with Crippen LogP contribution >= 0.6 is 0 Å². The van der Waals surface area contributed by atoms with Gasteiger partial charge in [0.2, 0.25) is 0 Å². The van der Waals surface area contributed by atoms with Crippen LogP contribution in [0.5, 0.6) is 0 Å². The molecule has 0 rings (SSSR count). The van der Waals surface area contributed by atoms with Crippen molar-refractivity contribution < 1.29 is 28.6 Å². The summed E-state index contributed by atoms with van der Waals surface area (Å²) < 4.78 is 16.9. The van der Waals surface area contributed by atoms with Gasteiger partial charge in [0, 0.05) is 19.3 Å². The summed E-state index contributed by atoms with van der Waals surface area (Å²) in [5.74, 6) is 1.65. The first-order valence-electron chi connectivity index (χ1n) is 28.1. The minimum atomic E-state index is -0.763. The molecule has 0 N–H and O–H groups in total. The fraction of sp³-hybridized carbons (Fsp3) is 0.947. The summed E-state index contributed by atoms with van der Waals surface area (Å²) in [6.07, 6.45) is 49.5. The van der Waals surface area contributed by atoms with E-state index < -0.39 is 6.10 Å². The fourth-order valence-corrected chi connectivity index (χ4v) is 8.65. The van der Waals surface area contributed by atoms with Gasteiger partial charge in [-0.1, -0.05) is 273 Å². The van der Waals surface area contributed by atoms with Crippen LogP contribution in [0, 0.1) is 17.8 Å². The highest BCUT2D eigenvalue weighted by atomic mass is 16.6. The molecular weight excluding hydrogens is 781 g/mol. The molecule has 0 saturated heterocycles. The van der Waals surface area contributed by atoms with Crippen LogP contribution in [0.4, 0.5) is 0 Å². The van der Waals surface area contributed by atoms with Crippen molar-refractivity contribution in [2.45, 2.75) is 317 Å². The van der Waals surface area contributed by atoms with Gasteiger partial charge in [-0.2, -0.15) is 0 Å². The zero-order valence-corrected chi connectivity index (χ0v) is 43.4. The molecule has 0 aliphatic carbocycles. The van der Waals surface area contributed by atoms with Crippen LogP contribution in [0.15, 0.2) is 0 Å². The topological polar surface area (TPSA) is 78.9 Å². The number of carbonyl (C=O) groups is 3. The predicted molar refractivity (Wildman–Crippen MR) is 270 cm³/mol. The molecule has 0 amide bonds. The number of hydrogen-bond donors (Lipinski definition) is 0. The third kappa shape index (κ3) is 51.3. The molecule has 6 heteroatoms. The quantitative estimate of drug-likeness (QED) is 0.0344. The van der Waals surface area contributed by atoms with E-state index in [1.165, 1.54) is 193 Å². The Labute approximate surface area is 393 Å². The molecule has 374 valence electrons. The third-order valence-electron chi connectivity index (χ3n) is 12.9. The van der Waals surface area contributed by atoms with Gasteiger partial charge in [-0.15, -0.1) is 0 Å². The van der Waals surface area contributed by atoms with Gasteiger partial charge in [-0.3, -0.25) is 14.4 Å². The van der Waals surface area contributed by atoms with Crippen molar-refractivity contribution in [1.82, 2.24) is 0 Å². The van der Waals surface area contributed by atoms with E-state index in [0.29, 0.717) is 19.3 Å². The predicted octanol–water partition coefficient (Wildman–Crippen LogP) is 18.3. The highest BCUT2D eigenvalue weighted by molar-refractivity contribution is 5.71. The largest absolute Gasteiger partial charge is 0.462 e. The molecule has 6 nitrogen and oxygen atoms in total. The summed E-state index contributed by atoms with van der Waals surface area (Å²) in [7, 11) is 0. The minimum Gasteiger partial charge on any atom is -0.462 e. The molecule has 0 radical (unpaired) electrons. The standard InChI is InChI=1S/C57H110O6/c1-51(2)43-37-31-25-19-13-9-7-8-10-16-22-28-34-40-46-55(58)61-49-54(63-57(60)48-42-36-30-24-18-12-15-21-27-33-39-45-53(5)6)50-62-56(59)47-41-35-29-23-17-11-14-20-26-32-38-44-52(3)4/h51-54H,7-50H2,1-6H3/t54-/m0/s1. The van der Waals surface area contributed by atoms with Crippen molar-refractivity contribution in [3.8, 4) is 0 Å². The number of esters is 3. The molecule has 0 aromatic rings. The maximum atomic E-state index is 12.8. The number of ether oxygens (including phenoxy) is 3. The first-order chi connectivity index (χ1) is 30.6. The highest BCUT2D eigenvalue weighted by Gasteiger charge is 2.19. The summed E-state index contributed by atoms with van der Waals surface area (Å²) in [6, 6.07) is 0. The average molecular weight is 892 g/mol. The van der Waals surface area contributed by atoms with Gasteiger partial charge in [0.05, 0.1) is 0 Å². The fourth-order valence-electron chi connectivity index (χ4n) is 8.65. The maximum absolute atomic E-state index is 12.8. The Kier molecular flexibility index (Phi) is 47.1. The normalized spacial score (nSPS) is 12.1. The molecule has 0 spiro atoms. The van der Waals surface area contributed by atoms with E-state index in [0.717, 1.165) is 75.5 Å². The van der Waals surface area contributed by atoms with Crippen LogP contribution in [-0.4, -0.2) is 37.2 Å². The van der Waals surface area contributed by atoms with Crippen LogP contribution < -0.4 is 0 Å². The molecule has 0 aliphatic heterocycles. The lowest BCUT2D eigenvalue weighted by Gasteiger charge is -2.18. The lowest BCUT2D eigenvalue weighted by Crippen LogP contribution is -2.30. The van der Waals surface area contributed by atoms with E-state index in [9.17, 15) is 14.4 Å². The van der Waals surface area contributed by atoms with E-state index in [1.54, 1.807) is 0 Å². The van der Waals surface area contributed by atoms with Gasteiger partial charge in [0.25, 0.3) is 0 Å². The van der Waals surface area contributed by atoms with Crippen molar-refractivity contribution in [2.24, 2.45) is 17.8 Å². The van der Waals surface area contributed by atoms with E-state index >= 15 is 0 Å². The van der Waals surface area contributed by atoms with Crippen molar-refractivity contribution in [1.29, 1.82) is 0 Å². The summed E-state index contributed by atoms with van der Waals surface area (Å²) in [4.78, 5) is 38.1. The summed E-state index contributed by atoms with van der Waals surface area (Å²) in [6.45, 7) is 13.7. The van der Waals surface area contributed by atoms with Crippen molar-refractivity contribution in [2.75, 3.05) is 13.2 Å². The van der Waals surface area contributed by atoms with E-state index in [2.05, 4.69) is 41.5 Å². The summed E-state index contributed by atoms with van der Waals surface area (Å²) >= 11 is 0. The second-order valence-corrected chi connectivity index (χ2v) is 21.0. The van der Waals surface area contributed by atoms with Gasteiger partial charge >= 0.3 is 17.9 Å². The Morgan fingerprint density at radius 2 is 0.460 bits per heavy atom. The van der Waals surface area contributed by atoms with Crippen LogP contribution in [-0.2, 0) is 28.6 Å². The van der Waals surface area contributed by atoms with Gasteiger partial charge in [-0.05, 0) is 37.0 Å². The van der Waals surface area contributed by atoms with E-state index in [4.69, 9.17) is 14.2 Å². The van der Waals surface area contributed by atoms with Crippen LogP contribution in [0.2, 0.25) is 0 Å². The molecular formula is C57H110O6. The first-order valence-corrected chi connectivity index (χ1v) is 28.1. The van der Waals surface area contributed by atoms with E-state index in [-0.39, 0.29) is 31.1 Å². The molecule has 0 aromatic carbocycles. The number of unbranched alkanes of at least 4 members (excludes halogenated alkanes) is 33. The monoisotopic (exact) mass is 891 g/mol. The number of carbonyl (C=O) groups excluding carboxylic acids is 3. The molecule has 0 bridgehead atoms. The van der Waals surface area contributed by atoms with Gasteiger partial charge < -0.3 is 14.2 Å². The van der Waals surface area contributed by atoms with Crippen LogP contribution in [0.25, 0.3) is 0 Å². The molecule has 0 saturated carbocycles. The zero-order valence-electron chi connectivity index (χ0n) is 43.4.